The molecule has 6 heteroatoms. The number of halogens is 2. The number of nitrogens with two attached hydrogens (primary N) is 1. The van der Waals surface area contributed by atoms with Gasteiger partial charge in [-0.3, -0.25) is 4.68 Å². The molecule has 3 rings (SSSR count). The molecule has 1 atom stereocenters. The van der Waals surface area contributed by atoms with Crippen LogP contribution in [0.15, 0.2) is 38.6 Å². The number of nitrogens with zero attached hydrogens (tertiary/aromatic N) is 2. The van der Waals surface area contributed by atoms with Crippen molar-refractivity contribution < 1.29 is 0 Å². The lowest BCUT2D eigenvalue weighted by Crippen LogP contribution is -2.12. The van der Waals surface area contributed by atoms with E-state index < -0.39 is 0 Å². The molecule has 0 radical (unpaired) electrons. The molecule has 1 aromatic carbocycles. The topological polar surface area (TPSA) is 43.8 Å². The first-order valence-electron chi connectivity index (χ1n) is 6.75. The second-order valence-corrected chi connectivity index (χ2v) is 8.12. The lowest BCUT2D eigenvalue weighted by Gasteiger charge is -2.07. The zero-order valence-corrected chi connectivity index (χ0v) is 15.5. The molecule has 21 heavy (non-hydrogen) atoms. The van der Waals surface area contributed by atoms with E-state index in [1.54, 1.807) is 11.3 Å². The van der Waals surface area contributed by atoms with Crippen LogP contribution in [0.5, 0.6) is 0 Å². The molecule has 2 N–H and O–H groups in total. The summed E-state index contributed by atoms with van der Waals surface area (Å²) in [6, 6.07) is 10.4. The maximum Gasteiger partial charge on any atom is 0.0843 e. The van der Waals surface area contributed by atoms with Gasteiger partial charge < -0.3 is 5.73 Å². The Kier molecular flexibility index (Phi) is 4.49. The normalized spacial score (nSPS) is 13.0. The highest BCUT2D eigenvalue weighted by Gasteiger charge is 2.16. The molecular weight excluding hydrogens is 414 g/mol. The van der Waals surface area contributed by atoms with Crippen LogP contribution in [0.4, 0.5) is 0 Å². The Morgan fingerprint density at radius 2 is 2.10 bits per heavy atom. The van der Waals surface area contributed by atoms with Gasteiger partial charge in [0.25, 0.3) is 0 Å². The van der Waals surface area contributed by atoms with Gasteiger partial charge in [0, 0.05) is 33.7 Å². The molecule has 1 unspecified atom stereocenters. The number of rotatable bonds is 4. The number of fused-ring (bicyclic) bond motifs is 1. The van der Waals surface area contributed by atoms with E-state index in [0.29, 0.717) is 0 Å². The van der Waals surface area contributed by atoms with Crippen molar-refractivity contribution in [2.24, 2.45) is 5.73 Å². The minimum atomic E-state index is -0.0405. The fourth-order valence-electron chi connectivity index (χ4n) is 2.44. The van der Waals surface area contributed by atoms with Crippen molar-refractivity contribution in [3.8, 4) is 0 Å². The summed E-state index contributed by atoms with van der Waals surface area (Å²) in [7, 11) is 0. The third-order valence-electron chi connectivity index (χ3n) is 3.48. The Morgan fingerprint density at radius 1 is 1.33 bits per heavy atom. The van der Waals surface area contributed by atoms with Crippen molar-refractivity contribution in [3.63, 3.8) is 0 Å². The molecule has 0 amide bonds. The molecule has 0 bridgehead atoms. The Morgan fingerprint density at radius 3 is 2.76 bits per heavy atom. The first-order valence-corrected chi connectivity index (χ1v) is 9.15. The molecule has 0 fully saturated rings. The zero-order chi connectivity index (χ0) is 15.0. The van der Waals surface area contributed by atoms with Crippen LogP contribution < -0.4 is 5.73 Å². The molecule has 0 saturated carbocycles. The smallest absolute Gasteiger partial charge is 0.0843 e. The highest BCUT2D eigenvalue weighted by atomic mass is 79.9. The summed E-state index contributed by atoms with van der Waals surface area (Å²) in [5.74, 6) is 0. The molecule has 0 aliphatic rings. The molecule has 2 heterocycles. The van der Waals surface area contributed by atoms with Gasteiger partial charge in [-0.15, -0.1) is 11.3 Å². The number of benzene rings is 1. The lowest BCUT2D eigenvalue weighted by molar-refractivity contribution is 0.645. The Hall–Kier alpha value is -0.690. The fourth-order valence-corrected chi connectivity index (χ4v) is 4.53. The van der Waals surface area contributed by atoms with Gasteiger partial charge in [0.15, 0.2) is 0 Å². The minimum absolute atomic E-state index is 0.0405. The zero-order valence-electron chi connectivity index (χ0n) is 11.5. The summed E-state index contributed by atoms with van der Waals surface area (Å²) in [5.41, 5.74) is 8.62. The third-order valence-corrected chi connectivity index (χ3v) is 6.87. The summed E-state index contributed by atoms with van der Waals surface area (Å²) in [5, 5.41) is 5.92. The highest BCUT2D eigenvalue weighted by molar-refractivity contribution is 9.13. The van der Waals surface area contributed by atoms with Gasteiger partial charge in [-0.05, 0) is 50.9 Å². The summed E-state index contributed by atoms with van der Waals surface area (Å²) in [6.45, 7) is 2.97. The van der Waals surface area contributed by atoms with Crippen LogP contribution in [0.3, 0.4) is 0 Å². The van der Waals surface area contributed by atoms with Gasteiger partial charge in [-0.25, -0.2) is 0 Å². The first kappa shape index (κ1) is 15.2. The quantitative estimate of drug-likeness (QED) is 0.643. The minimum Gasteiger partial charge on any atom is -0.323 e. The third kappa shape index (κ3) is 2.95. The van der Waals surface area contributed by atoms with Crippen molar-refractivity contribution >= 4 is 54.1 Å². The van der Waals surface area contributed by atoms with E-state index in [-0.39, 0.29) is 6.04 Å². The average molecular weight is 429 g/mol. The maximum atomic E-state index is 6.37. The van der Waals surface area contributed by atoms with Crippen molar-refractivity contribution in [2.45, 2.75) is 25.9 Å². The highest BCUT2D eigenvalue weighted by Crippen LogP contribution is 2.36. The van der Waals surface area contributed by atoms with E-state index in [1.807, 2.05) is 10.7 Å². The number of para-hydroxylation sites is 1. The fraction of sp³-hybridized carbons (Fsp3) is 0.267. The average Bonchev–Trinajstić information content (AvgIpc) is 3.01. The molecule has 3 aromatic rings. The summed E-state index contributed by atoms with van der Waals surface area (Å²) >= 11 is 8.70. The Balaban J connectivity index is 1.94. The van der Waals surface area contributed by atoms with E-state index in [9.17, 15) is 0 Å². The van der Waals surface area contributed by atoms with Gasteiger partial charge >= 0.3 is 0 Å². The standard InChI is InChI=1S/C15H15Br2N3S/c1-2-20-13-6-4-3-5-9(13)12(19-20)8-11(18)14-7-10(16)15(17)21-14/h3-7,11H,2,8,18H2,1H3. The summed E-state index contributed by atoms with van der Waals surface area (Å²) in [6.07, 6.45) is 0.743. The van der Waals surface area contributed by atoms with Gasteiger partial charge in [-0.2, -0.15) is 5.10 Å². The molecule has 2 aromatic heterocycles. The predicted molar refractivity (Wildman–Crippen MR) is 95.8 cm³/mol. The SMILES string of the molecule is CCn1nc(CC(N)c2cc(Br)c(Br)s2)c2ccccc21. The van der Waals surface area contributed by atoms with Gasteiger partial charge in [-0.1, -0.05) is 18.2 Å². The van der Waals surface area contributed by atoms with Gasteiger partial charge in [0.05, 0.1) is 15.0 Å². The first-order chi connectivity index (χ1) is 10.1. The van der Waals surface area contributed by atoms with Gasteiger partial charge in [0.1, 0.15) is 0 Å². The van der Waals surface area contributed by atoms with Crippen molar-refractivity contribution in [3.05, 3.63) is 49.2 Å². The van der Waals surface area contributed by atoms with Crippen molar-refractivity contribution in [1.82, 2.24) is 9.78 Å². The van der Waals surface area contributed by atoms with Crippen molar-refractivity contribution in [2.75, 3.05) is 0 Å². The predicted octanol–water partition coefficient (Wildman–Crippen LogP) is 4.89. The molecular formula is C15H15Br2N3S. The largest absolute Gasteiger partial charge is 0.323 e. The number of thiophene rings is 1. The maximum absolute atomic E-state index is 6.37. The number of hydrogen-bond acceptors (Lipinski definition) is 3. The molecule has 0 saturated heterocycles. The van der Waals surface area contributed by atoms with Crippen LogP contribution in [-0.4, -0.2) is 9.78 Å². The molecule has 110 valence electrons. The van der Waals surface area contributed by atoms with Crippen LogP contribution in [-0.2, 0) is 13.0 Å². The van der Waals surface area contributed by atoms with E-state index in [2.05, 4.69) is 63.0 Å². The molecule has 0 aliphatic carbocycles. The Bertz CT molecular complexity index is 759. The number of hydrogen-bond donors (Lipinski definition) is 1. The molecule has 3 nitrogen and oxygen atoms in total. The second-order valence-electron chi connectivity index (χ2n) is 4.86. The number of aryl methyl sites for hydroxylation is 1. The summed E-state index contributed by atoms with van der Waals surface area (Å²) in [4.78, 5) is 1.16. The van der Waals surface area contributed by atoms with Crippen LogP contribution in [0, 0.1) is 0 Å². The van der Waals surface area contributed by atoms with Crippen LogP contribution >= 0.6 is 43.2 Å². The van der Waals surface area contributed by atoms with Crippen molar-refractivity contribution in [1.29, 1.82) is 0 Å². The molecule has 0 aliphatic heterocycles. The monoisotopic (exact) mass is 427 g/mol. The van der Waals surface area contributed by atoms with E-state index >= 15 is 0 Å². The van der Waals surface area contributed by atoms with Gasteiger partial charge in [0.2, 0.25) is 0 Å². The molecule has 0 spiro atoms. The lowest BCUT2D eigenvalue weighted by atomic mass is 10.1. The Labute approximate surface area is 144 Å². The summed E-state index contributed by atoms with van der Waals surface area (Å²) < 4.78 is 4.18. The van der Waals surface area contributed by atoms with E-state index in [4.69, 9.17) is 10.8 Å². The second kappa shape index (κ2) is 6.20. The van der Waals surface area contributed by atoms with E-state index in [1.165, 1.54) is 10.9 Å². The van der Waals surface area contributed by atoms with Crippen LogP contribution in [0.2, 0.25) is 0 Å². The van der Waals surface area contributed by atoms with Crippen LogP contribution in [0.25, 0.3) is 10.9 Å². The van der Waals surface area contributed by atoms with Crippen LogP contribution in [0.1, 0.15) is 23.5 Å². The van der Waals surface area contributed by atoms with E-state index in [0.717, 1.165) is 31.8 Å². The number of aromatic nitrogens is 2.